The lowest BCUT2D eigenvalue weighted by atomic mass is 9.98. The summed E-state index contributed by atoms with van der Waals surface area (Å²) >= 11 is 0. The normalized spacial score (nSPS) is 16.1. The zero-order valence-electron chi connectivity index (χ0n) is 10.7. The molecule has 0 aliphatic rings. The number of hydrogen-bond acceptors (Lipinski definition) is 3. The minimum atomic E-state index is -4.42. The molecule has 0 radical (unpaired) electrons. The SMILES string of the molecule is CCCC(C)(NS(=O)(=O)CCCC(F)(F)F)C(=O)O. The van der Waals surface area contributed by atoms with E-state index in [9.17, 15) is 26.4 Å². The van der Waals surface area contributed by atoms with Gasteiger partial charge in [-0.2, -0.15) is 17.9 Å². The predicted molar refractivity (Wildman–Crippen MR) is 63.2 cm³/mol. The minimum absolute atomic E-state index is 0.0564. The molecule has 0 rings (SSSR count). The zero-order valence-corrected chi connectivity index (χ0v) is 11.6. The quantitative estimate of drug-likeness (QED) is 0.717. The Morgan fingerprint density at radius 3 is 2.16 bits per heavy atom. The van der Waals surface area contributed by atoms with Crippen molar-refractivity contribution in [2.24, 2.45) is 0 Å². The van der Waals surface area contributed by atoms with Gasteiger partial charge in [-0.3, -0.25) is 4.79 Å². The Kier molecular flexibility index (Phi) is 6.27. The van der Waals surface area contributed by atoms with Crippen molar-refractivity contribution in [1.82, 2.24) is 4.72 Å². The molecule has 0 bridgehead atoms. The predicted octanol–water partition coefficient (Wildman–Crippen LogP) is 1.89. The lowest BCUT2D eigenvalue weighted by Crippen LogP contribution is -2.52. The molecule has 0 aromatic rings. The van der Waals surface area contributed by atoms with E-state index in [4.69, 9.17) is 5.11 Å². The second kappa shape index (κ2) is 6.56. The van der Waals surface area contributed by atoms with Crippen molar-refractivity contribution in [3.8, 4) is 0 Å². The Morgan fingerprint density at radius 1 is 1.26 bits per heavy atom. The van der Waals surface area contributed by atoms with Crippen molar-refractivity contribution in [2.75, 3.05) is 5.75 Å². The van der Waals surface area contributed by atoms with Crippen LogP contribution in [-0.2, 0) is 14.8 Å². The van der Waals surface area contributed by atoms with Gasteiger partial charge in [-0.05, 0) is 19.8 Å². The maximum atomic E-state index is 11.9. The van der Waals surface area contributed by atoms with Crippen LogP contribution in [0.3, 0.4) is 0 Å². The number of halogens is 3. The van der Waals surface area contributed by atoms with Crippen molar-refractivity contribution in [1.29, 1.82) is 0 Å². The number of carbonyl (C=O) groups is 1. The molecule has 0 aliphatic heterocycles. The van der Waals surface area contributed by atoms with E-state index < -0.39 is 46.3 Å². The smallest absolute Gasteiger partial charge is 0.389 e. The molecule has 0 saturated carbocycles. The summed E-state index contributed by atoms with van der Waals surface area (Å²) in [6, 6.07) is 0. The molecule has 1 unspecified atom stereocenters. The van der Waals surface area contributed by atoms with Crippen molar-refractivity contribution < 1.29 is 31.5 Å². The van der Waals surface area contributed by atoms with E-state index in [0.29, 0.717) is 6.42 Å². The van der Waals surface area contributed by atoms with E-state index >= 15 is 0 Å². The van der Waals surface area contributed by atoms with Crippen LogP contribution in [0.25, 0.3) is 0 Å². The molecular weight excluding hydrogens is 287 g/mol. The highest BCUT2D eigenvalue weighted by Gasteiger charge is 2.36. The number of aliphatic carboxylic acids is 1. The van der Waals surface area contributed by atoms with Crippen LogP contribution >= 0.6 is 0 Å². The summed E-state index contributed by atoms with van der Waals surface area (Å²) in [6.45, 7) is 2.87. The Hall–Kier alpha value is -0.830. The zero-order chi connectivity index (χ0) is 15.3. The highest BCUT2D eigenvalue weighted by molar-refractivity contribution is 7.89. The Balaban J connectivity index is 4.62. The summed E-state index contributed by atoms with van der Waals surface area (Å²) in [5, 5.41) is 8.97. The number of rotatable bonds is 8. The minimum Gasteiger partial charge on any atom is -0.480 e. The van der Waals surface area contributed by atoms with Crippen LogP contribution in [-0.4, -0.2) is 37.0 Å². The molecule has 0 spiro atoms. The van der Waals surface area contributed by atoms with E-state index in [-0.39, 0.29) is 6.42 Å². The molecule has 0 fully saturated rings. The maximum absolute atomic E-state index is 11.9. The number of sulfonamides is 1. The third kappa shape index (κ3) is 7.36. The van der Waals surface area contributed by atoms with Gasteiger partial charge in [0.2, 0.25) is 10.0 Å². The summed E-state index contributed by atoms with van der Waals surface area (Å²) in [7, 11) is -4.06. The summed E-state index contributed by atoms with van der Waals surface area (Å²) in [5.74, 6) is -2.10. The first-order valence-electron chi connectivity index (χ1n) is 5.74. The molecule has 0 aliphatic carbocycles. The molecule has 5 nitrogen and oxygen atoms in total. The summed E-state index contributed by atoms with van der Waals surface area (Å²) < 4.78 is 60.8. The van der Waals surface area contributed by atoms with Gasteiger partial charge in [-0.15, -0.1) is 0 Å². The average molecular weight is 305 g/mol. The fourth-order valence-electron chi connectivity index (χ4n) is 1.56. The van der Waals surface area contributed by atoms with Gasteiger partial charge in [-0.25, -0.2) is 8.42 Å². The van der Waals surface area contributed by atoms with Crippen molar-refractivity contribution in [3.63, 3.8) is 0 Å². The van der Waals surface area contributed by atoms with Gasteiger partial charge in [-0.1, -0.05) is 13.3 Å². The molecule has 0 heterocycles. The monoisotopic (exact) mass is 305 g/mol. The van der Waals surface area contributed by atoms with Crippen LogP contribution < -0.4 is 4.72 Å². The van der Waals surface area contributed by atoms with Crippen LogP contribution in [0.5, 0.6) is 0 Å². The molecule has 9 heteroatoms. The van der Waals surface area contributed by atoms with E-state index in [1.807, 2.05) is 4.72 Å². The van der Waals surface area contributed by atoms with E-state index in [1.165, 1.54) is 6.92 Å². The largest absolute Gasteiger partial charge is 0.480 e. The number of carboxylic acid groups (broad SMARTS) is 1. The van der Waals surface area contributed by atoms with E-state index in [1.54, 1.807) is 6.92 Å². The molecular formula is C10H18F3NO4S. The van der Waals surface area contributed by atoms with E-state index in [0.717, 1.165) is 0 Å². The fraction of sp³-hybridized carbons (Fsp3) is 0.900. The molecule has 19 heavy (non-hydrogen) atoms. The molecule has 0 aromatic carbocycles. The third-order valence-electron chi connectivity index (χ3n) is 2.48. The topological polar surface area (TPSA) is 83.5 Å². The first-order chi connectivity index (χ1) is 8.42. The molecule has 0 amide bonds. The molecule has 0 aromatic heterocycles. The van der Waals surface area contributed by atoms with Gasteiger partial charge >= 0.3 is 12.1 Å². The Morgan fingerprint density at radius 2 is 1.79 bits per heavy atom. The summed E-state index contributed by atoms with van der Waals surface area (Å²) in [6.07, 6.45) is -5.75. The van der Waals surface area contributed by atoms with Crippen molar-refractivity contribution in [2.45, 2.75) is 51.2 Å². The maximum Gasteiger partial charge on any atom is 0.389 e. The van der Waals surface area contributed by atoms with Gasteiger partial charge < -0.3 is 5.11 Å². The van der Waals surface area contributed by atoms with Crippen LogP contribution in [0.2, 0.25) is 0 Å². The standard InChI is InChI=1S/C10H18F3NO4S/c1-3-5-9(2,8(15)16)14-19(17,18)7-4-6-10(11,12)13/h14H,3-7H2,1-2H3,(H,15,16). The lowest BCUT2D eigenvalue weighted by molar-refractivity contribution is -0.143. The third-order valence-corrected chi connectivity index (χ3v) is 4.06. The second-order valence-corrected chi connectivity index (χ2v) is 6.37. The highest BCUT2D eigenvalue weighted by atomic mass is 32.2. The second-order valence-electron chi connectivity index (χ2n) is 4.53. The van der Waals surface area contributed by atoms with Crippen LogP contribution in [0.4, 0.5) is 13.2 Å². The lowest BCUT2D eigenvalue weighted by Gasteiger charge is -2.25. The van der Waals surface area contributed by atoms with Crippen molar-refractivity contribution >= 4 is 16.0 Å². The van der Waals surface area contributed by atoms with Gasteiger partial charge in [0, 0.05) is 6.42 Å². The Labute approximate surface area is 110 Å². The summed E-state index contributed by atoms with van der Waals surface area (Å²) in [5.41, 5.74) is -1.69. The fourth-order valence-corrected chi connectivity index (χ4v) is 3.06. The van der Waals surface area contributed by atoms with Crippen molar-refractivity contribution in [3.05, 3.63) is 0 Å². The average Bonchev–Trinajstić information content (AvgIpc) is 2.13. The van der Waals surface area contributed by atoms with Crippen LogP contribution in [0.15, 0.2) is 0 Å². The van der Waals surface area contributed by atoms with Crippen LogP contribution in [0, 0.1) is 0 Å². The van der Waals surface area contributed by atoms with Gasteiger partial charge in [0.05, 0.1) is 5.75 Å². The van der Waals surface area contributed by atoms with Gasteiger partial charge in [0.1, 0.15) is 5.54 Å². The molecule has 114 valence electrons. The number of alkyl halides is 3. The van der Waals surface area contributed by atoms with Crippen LogP contribution in [0.1, 0.15) is 39.5 Å². The number of hydrogen-bond donors (Lipinski definition) is 2. The van der Waals surface area contributed by atoms with E-state index in [2.05, 4.69) is 0 Å². The molecule has 2 N–H and O–H groups in total. The first-order valence-corrected chi connectivity index (χ1v) is 7.39. The van der Waals surface area contributed by atoms with Gasteiger partial charge in [0.15, 0.2) is 0 Å². The number of carboxylic acids is 1. The first kappa shape index (κ1) is 18.2. The molecule has 0 saturated heterocycles. The highest BCUT2D eigenvalue weighted by Crippen LogP contribution is 2.22. The number of nitrogens with one attached hydrogen (secondary N) is 1. The van der Waals surface area contributed by atoms with Gasteiger partial charge in [0.25, 0.3) is 0 Å². The summed E-state index contributed by atoms with van der Waals surface area (Å²) in [4.78, 5) is 11.0. The Bertz CT molecular complexity index is 407. The molecule has 1 atom stereocenters.